The molecule has 3 rings (SSSR count). The summed E-state index contributed by atoms with van der Waals surface area (Å²) in [6.45, 7) is 1.93. The van der Waals surface area contributed by atoms with Crippen LogP contribution in [0.2, 0.25) is 0 Å². The lowest BCUT2D eigenvalue weighted by Crippen LogP contribution is -2.52. The number of nitrogens with zero attached hydrogens (tertiary/aromatic N) is 1. The molecule has 1 aliphatic heterocycles. The number of carbonyl (C=O) groups is 2. The van der Waals surface area contributed by atoms with Crippen LogP contribution in [-0.4, -0.2) is 40.6 Å². The van der Waals surface area contributed by atoms with Crippen LogP contribution in [0.1, 0.15) is 36.9 Å². The molecule has 2 aliphatic rings. The molecular formula is C16H19NO4. The zero-order valence-electron chi connectivity index (χ0n) is 12.0. The van der Waals surface area contributed by atoms with Gasteiger partial charge in [-0.05, 0) is 30.4 Å². The van der Waals surface area contributed by atoms with Crippen LogP contribution in [0.3, 0.4) is 0 Å². The van der Waals surface area contributed by atoms with Gasteiger partial charge in [0, 0.05) is 6.04 Å². The van der Waals surface area contributed by atoms with Crippen molar-refractivity contribution in [3.05, 3.63) is 35.4 Å². The van der Waals surface area contributed by atoms with E-state index in [-0.39, 0.29) is 18.6 Å². The molecule has 1 aromatic carbocycles. The largest absolute Gasteiger partial charge is 0.479 e. The van der Waals surface area contributed by atoms with E-state index in [1.165, 1.54) is 5.56 Å². The van der Waals surface area contributed by atoms with Crippen molar-refractivity contribution in [2.75, 3.05) is 6.61 Å². The highest BCUT2D eigenvalue weighted by molar-refractivity contribution is 5.83. The minimum absolute atomic E-state index is 0.112. The molecule has 1 saturated carbocycles. The Morgan fingerprint density at radius 1 is 1.33 bits per heavy atom. The fraction of sp³-hybridized carbons (Fsp3) is 0.500. The van der Waals surface area contributed by atoms with E-state index in [0.717, 1.165) is 24.8 Å². The Bertz CT molecular complexity index is 550. The summed E-state index contributed by atoms with van der Waals surface area (Å²) in [7, 11) is 0. The molecule has 1 saturated heterocycles. The summed E-state index contributed by atoms with van der Waals surface area (Å²) < 4.78 is 5.29. The number of carboxylic acid groups (broad SMARTS) is 1. The number of hydrogen-bond acceptors (Lipinski definition) is 3. The van der Waals surface area contributed by atoms with Crippen LogP contribution in [-0.2, 0) is 20.7 Å². The van der Waals surface area contributed by atoms with Crippen LogP contribution in [0.25, 0.3) is 0 Å². The summed E-state index contributed by atoms with van der Waals surface area (Å²) >= 11 is 0. The summed E-state index contributed by atoms with van der Waals surface area (Å²) in [5.41, 5.74) is 2.02. The van der Waals surface area contributed by atoms with Crippen molar-refractivity contribution >= 4 is 11.9 Å². The predicted octanol–water partition coefficient (Wildman–Crippen LogP) is 1.76. The van der Waals surface area contributed by atoms with Gasteiger partial charge in [-0.3, -0.25) is 4.79 Å². The summed E-state index contributed by atoms with van der Waals surface area (Å²) in [5, 5.41) is 9.41. The monoisotopic (exact) mass is 289 g/mol. The highest BCUT2D eigenvalue weighted by atomic mass is 16.5. The molecule has 1 amide bonds. The van der Waals surface area contributed by atoms with Crippen molar-refractivity contribution in [3.63, 3.8) is 0 Å². The quantitative estimate of drug-likeness (QED) is 0.917. The molecule has 2 atom stereocenters. The van der Waals surface area contributed by atoms with Crippen molar-refractivity contribution in [3.8, 4) is 0 Å². The van der Waals surface area contributed by atoms with Crippen LogP contribution in [0.15, 0.2) is 24.3 Å². The molecule has 1 heterocycles. The number of aryl methyl sites for hydroxylation is 1. The van der Waals surface area contributed by atoms with Gasteiger partial charge in [0.2, 0.25) is 5.91 Å². The van der Waals surface area contributed by atoms with E-state index in [9.17, 15) is 14.7 Å². The lowest BCUT2D eigenvalue weighted by atomic mass is 9.96. The van der Waals surface area contributed by atoms with Crippen molar-refractivity contribution in [2.45, 2.75) is 44.4 Å². The number of hydrogen-bond donors (Lipinski definition) is 1. The molecule has 5 heteroatoms. The van der Waals surface area contributed by atoms with E-state index in [2.05, 4.69) is 6.92 Å². The Morgan fingerprint density at radius 3 is 2.52 bits per heavy atom. The Labute approximate surface area is 123 Å². The van der Waals surface area contributed by atoms with E-state index in [1.54, 1.807) is 4.90 Å². The second-order valence-corrected chi connectivity index (χ2v) is 5.64. The number of morpholine rings is 1. The molecule has 21 heavy (non-hydrogen) atoms. The van der Waals surface area contributed by atoms with Gasteiger partial charge in [-0.1, -0.05) is 31.2 Å². The zero-order valence-corrected chi connectivity index (χ0v) is 12.0. The smallest absolute Gasteiger partial charge is 0.335 e. The molecule has 0 spiro atoms. The molecule has 0 aromatic heterocycles. The predicted molar refractivity (Wildman–Crippen MR) is 75.8 cm³/mol. The first kappa shape index (κ1) is 14.1. The molecular weight excluding hydrogens is 270 g/mol. The third kappa shape index (κ3) is 2.65. The molecule has 112 valence electrons. The number of benzene rings is 1. The van der Waals surface area contributed by atoms with Crippen LogP contribution < -0.4 is 0 Å². The van der Waals surface area contributed by atoms with Crippen LogP contribution in [0, 0.1) is 0 Å². The maximum absolute atomic E-state index is 12.2. The summed E-state index contributed by atoms with van der Waals surface area (Å²) in [4.78, 5) is 25.4. The Morgan fingerprint density at radius 2 is 2.00 bits per heavy atom. The summed E-state index contributed by atoms with van der Waals surface area (Å²) in [6.07, 6.45) is 1.83. The molecule has 0 radical (unpaired) electrons. The molecule has 2 fully saturated rings. The van der Waals surface area contributed by atoms with Gasteiger partial charge in [0.05, 0.1) is 6.04 Å². The van der Waals surface area contributed by atoms with Crippen molar-refractivity contribution in [1.82, 2.24) is 4.90 Å². The lowest BCUT2D eigenvalue weighted by Gasteiger charge is -2.39. The molecule has 1 aliphatic carbocycles. The first-order valence-electron chi connectivity index (χ1n) is 7.36. The second kappa shape index (κ2) is 5.48. The van der Waals surface area contributed by atoms with E-state index in [4.69, 9.17) is 4.74 Å². The lowest BCUT2D eigenvalue weighted by molar-refractivity contribution is -0.174. The maximum atomic E-state index is 12.2. The molecule has 2 unspecified atom stereocenters. The first-order chi connectivity index (χ1) is 10.1. The molecule has 0 bridgehead atoms. The third-order valence-corrected chi connectivity index (χ3v) is 4.17. The van der Waals surface area contributed by atoms with Gasteiger partial charge < -0.3 is 14.7 Å². The Kier molecular flexibility index (Phi) is 3.68. The van der Waals surface area contributed by atoms with Gasteiger partial charge in [0.15, 0.2) is 6.10 Å². The van der Waals surface area contributed by atoms with Gasteiger partial charge in [0.1, 0.15) is 6.61 Å². The van der Waals surface area contributed by atoms with Crippen molar-refractivity contribution in [2.24, 2.45) is 0 Å². The highest BCUT2D eigenvalue weighted by Crippen LogP contribution is 2.39. The third-order valence-electron chi connectivity index (χ3n) is 4.17. The summed E-state index contributed by atoms with van der Waals surface area (Å²) in [5.74, 6) is -1.13. The molecule has 1 N–H and O–H groups in total. The number of ether oxygens (including phenoxy) is 1. The fourth-order valence-corrected chi connectivity index (χ4v) is 2.90. The molecule has 1 aromatic rings. The number of rotatable bonds is 4. The SMILES string of the molecule is CCc1ccc(C2C(C(=O)O)OCC(=O)N2C2CC2)cc1. The number of amides is 1. The van der Waals surface area contributed by atoms with E-state index in [1.807, 2.05) is 24.3 Å². The minimum Gasteiger partial charge on any atom is -0.479 e. The summed E-state index contributed by atoms with van der Waals surface area (Å²) in [6, 6.07) is 7.44. The van der Waals surface area contributed by atoms with Gasteiger partial charge in [-0.25, -0.2) is 4.79 Å². The van der Waals surface area contributed by atoms with Gasteiger partial charge in [0.25, 0.3) is 0 Å². The Hall–Kier alpha value is -1.88. The number of carboxylic acids is 1. The van der Waals surface area contributed by atoms with Crippen molar-refractivity contribution < 1.29 is 19.4 Å². The highest BCUT2D eigenvalue weighted by Gasteiger charge is 2.47. The van der Waals surface area contributed by atoms with E-state index in [0.29, 0.717) is 0 Å². The zero-order chi connectivity index (χ0) is 15.0. The standard InChI is InChI=1S/C16H19NO4/c1-2-10-3-5-11(6-4-10)14-15(16(19)20)21-9-13(18)17(14)12-7-8-12/h3-6,12,14-15H,2,7-9H2,1H3,(H,19,20). The van der Waals surface area contributed by atoms with Crippen LogP contribution in [0.4, 0.5) is 0 Å². The Balaban J connectivity index is 1.97. The average Bonchev–Trinajstić information content (AvgIpc) is 3.31. The minimum atomic E-state index is -1.02. The topological polar surface area (TPSA) is 66.8 Å². The second-order valence-electron chi connectivity index (χ2n) is 5.64. The van der Waals surface area contributed by atoms with Crippen molar-refractivity contribution in [1.29, 1.82) is 0 Å². The average molecular weight is 289 g/mol. The van der Waals surface area contributed by atoms with Gasteiger partial charge in [-0.2, -0.15) is 0 Å². The fourth-order valence-electron chi connectivity index (χ4n) is 2.90. The van der Waals surface area contributed by atoms with Gasteiger partial charge in [-0.15, -0.1) is 0 Å². The number of aliphatic carboxylic acids is 1. The normalized spacial score (nSPS) is 26.0. The number of carbonyl (C=O) groups excluding carboxylic acids is 1. The van der Waals surface area contributed by atoms with E-state index < -0.39 is 18.1 Å². The van der Waals surface area contributed by atoms with Crippen LogP contribution in [0.5, 0.6) is 0 Å². The van der Waals surface area contributed by atoms with Gasteiger partial charge >= 0.3 is 5.97 Å². The van der Waals surface area contributed by atoms with Crippen LogP contribution >= 0.6 is 0 Å². The maximum Gasteiger partial charge on any atom is 0.335 e. The first-order valence-corrected chi connectivity index (χ1v) is 7.36. The molecule has 5 nitrogen and oxygen atoms in total. The van der Waals surface area contributed by atoms with E-state index >= 15 is 0 Å².